The highest BCUT2D eigenvalue weighted by Gasteiger charge is 2.40. The van der Waals surface area contributed by atoms with Crippen LogP contribution in [0.4, 0.5) is 5.69 Å². The quantitative estimate of drug-likeness (QED) is 0.830. The van der Waals surface area contributed by atoms with Crippen molar-refractivity contribution in [3.63, 3.8) is 0 Å². The molecular weight excluding hydrogens is 256 g/mol. The molecule has 3 rings (SSSR count). The molecule has 1 aromatic rings. The lowest BCUT2D eigenvalue weighted by molar-refractivity contribution is 0.0898. The van der Waals surface area contributed by atoms with Crippen LogP contribution in [0.15, 0.2) is 18.2 Å². The number of anilines is 1. The maximum Gasteiger partial charge on any atom is 0.106 e. The predicted octanol–water partition coefficient (Wildman–Crippen LogP) is 2.61. The Labute approximate surface area is 119 Å². The van der Waals surface area contributed by atoms with Crippen molar-refractivity contribution in [1.29, 1.82) is 0 Å². The van der Waals surface area contributed by atoms with E-state index in [-0.39, 0.29) is 0 Å². The number of ether oxygens (including phenoxy) is 1. The van der Waals surface area contributed by atoms with Crippen LogP contribution < -0.4 is 11.1 Å². The van der Waals surface area contributed by atoms with Gasteiger partial charge < -0.3 is 15.8 Å². The van der Waals surface area contributed by atoms with Crippen molar-refractivity contribution in [1.82, 2.24) is 0 Å². The standard InChI is InChI=1S/C15H20N2OS/c1-9-3-2-4-11(15(16)19)13(9)17-12-7-8-18-14(12)10-5-6-10/h2-4,10,12,14,17H,5-8H2,1H3,(H2,16,19). The van der Waals surface area contributed by atoms with Crippen LogP contribution in [0, 0.1) is 12.8 Å². The zero-order valence-corrected chi connectivity index (χ0v) is 12.0. The minimum atomic E-state index is 0.360. The lowest BCUT2D eigenvalue weighted by atomic mass is 10.0. The lowest BCUT2D eigenvalue weighted by Gasteiger charge is -2.23. The van der Waals surface area contributed by atoms with Gasteiger partial charge in [0.1, 0.15) is 4.99 Å². The van der Waals surface area contributed by atoms with E-state index in [0.29, 0.717) is 17.1 Å². The molecule has 0 radical (unpaired) electrons. The monoisotopic (exact) mass is 276 g/mol. The summed E-state index contributed by atoms with van der Waals surface area (Å²) in [6.45, 7) is 2.94. The van der Waals surface area contributed by atoms with Crippen LogP contribution in [0.3, 0.4) is 0 Å². The van der Waals surface area contributed by atoms with E-state index in [1.165, 1.54) is 18.4 Å². The van der Waals surface area contributed by atoms with E-state index < -0.39 is 0 Å². The third-order valence-electron chi connectivity index (χ3n) is 4.09. The van der Waals surface area contributed by atoms with Crippen LogP contribution in [0.1, 0.15) is 30.4 Å². The van der Waals surface area contributed by atoms with E-state index in [4.69, 9.17) is 22.7 Å². The number of nitrogens with two attached hydrogens (primary N) is 1. The summed E-state index contributed by atoms with van der Waals surface area (Å²) < 4.78 is 5.88. The Morgan fingerprint density at radius 1 is 1.37 bits per heavy atom. The van der Waals surface area contributed by atoms with Gasteiger partial charge in [-0.25, -0.2) is 0 Å². The Kier molecular flexibility index (Phi) is 3.46. The number of hydrogen-bond acceptors (Lipinski definition) is 3. The fraction of sp³-hybridized carbons (Fsp3) is 0.533. The molecule has 102 valence electrons. The third-order valence-corrected chi connectivity index (χ3v) is 4.31. The molecule has 0 spiro atoms. The van der Waals surface area contributed by atoms with Crippen molar-refractivity contribution in [2.45, 2.75) is 38.3 Å². The molecule has 1 aromatic carbocycles. The largest absolute Gasteiger partial charge is 0.389 e. The Morgan fingerprint density at radius 3 is 2.84 bits per heavy atom. The highest BCUT2D eigenvalue weighted by molar-refractivity contribution is 7.80. The summed E-state index contributed by atoms with van der Waals surface area (Å²) in [5, 5.41) is 3.64. The molecule has 0 amide bonds. The van der Waals surface area contributed by atoms with Crippen molar-refractivity contribution in [3.8, 4) is 0 Å². The van der Waals surface area contributed by atoms with Gasteiger partial charge in [0.2, 0.25) is 0 Å². The van der Waals surface area contributed by atoms with E-state index in [2.05, 4.69) is 18.3 Å². The molecule has 1 aliphatic carbocycles. The Bertz CT molecular complexity index is 499. The first-order valence-electron chi connectivity index (χ1n) is 6.94. The van der Waals surface area contributed by atoms with Crippen LogP contribution in [0.5, 0.6) is 0 Å². The predicted molar refractivity (Wildman–Crippen MR) is 81.6 cm³/mol. The molecule has 4 heteroatoms. The molecule has 0 bridgehead atoms. The molecule has 1 aliphatic heterocycles. The normalized spacial score (nSPS) is 26.4. The van der Waals surface area contributed by atoms with Crippen molar-refractivity contribution >= 4 is 22.9 Å². The smallest absolute Gasteiger partial charge is 0.106 e. The topological polar surface area (TPSA) is 47.3 Å². The Balaban J connectivity index is 1.84. The molecule has 19 heavy (non-hydrogen) atoms. The van der Waals surface area contributed by atoms with Crippen molar-refractivity contribution in [2.24, 2.45) is 11.7 Å². The van der Waals surface area contributed by atoms with E-state index in [1.54, 1.807) is 0 Å². The molecule has 0 aromatic heterocycles. The van der Waals surface area contributed by atoms with E-state index in [1.807, 2.05) is 12.1 Å². The molecule has 3 nitrogen and oxygen atoms in total. The van der Waals surface area contributed by atoms with Crippen LogP contribution in [-0.4, -0.2) is 23.7 Å². The maximum absolute atomic E-state index is 5.88. The highest BCUT2D eigenvalue weighted by atomic mass is 32.1. The second-order valence-corrected chi connectivity index (χ2v) is 6.01. The average molecular weight is 276 g/mol. The maximum atomic E-state index is 5.88. The van der Waals surface area contributed by atoms with E-state index in [0.717, 1.165) is 30.2 Å². The van der Waals surface area contributed by atoms with Gasteiger partial charge in [0.25, 0.3) is 0 Å². The second kappa shape index (κ2) is 5.10. The zero-order valence-electron chi connectivity index (χ0n) is 11.2. The Morgan fingerprint density at radius 2 is 2.16 bits per heavy atom. The molecule has 2 aliphatic rings. The first-order chi connectivity index (χ1) is 9.16. The SMILES string of the molecule is Cc1cccc(C(N)=S)c1NC1CCOC1C1CC1. The second-order valence-electron chi connectivity index (χ2n) is 5.57. The minimum Gasteiger partial charge on any atom is -0.389 e. The lowest BCUT2D eigenvalue weighted by Crippen LogP contribution is -2.32. The summed E-state index contributed by atoms with van der Waals surface area (Å²) in [6, 6.07) is 6.46. The summed E-state index contributed by atoms with van der Waals surface area (Å²) in [5.41, 5.74) is 9.03. The van der Waals surface area contributed by atoms with E-state index >= 15 is 0 Å². The van der Waals surface area contributed by atoms with Crippen molar-refractivity contribution in [2.75, 3.05) is 11.9 Å². The number of nitrogens with one attached hydrogen (secondary N) is 1. The van der Waals surface area contributed by atoms with Gasteiger partial charge >= 0.3 is 0 Å². The molecule has 3 N–H and O–H groups in total. The van der Waals surface area contributed by atoms with Crippen molar-refractivity contribution < 1.29 is 4.74 Å². The number of thiocarbonyl (C=S) groups is 1. The van der Waals surface area contributed by atoms with Gasteiger partial charge in [0.15, 0.2) is 0 Å². The molecule has 1 saturated heterocycles. The first kappa shape index (κ1) is 12.9. The minimum absolute atomic E-state index is 0.360. The van der Waals surface area contributed by atoms with Crippen molar-refractivity contribution in [3.05, 3.63) is 29.3 Å². The number of hydrogen-bond donors (Lipinski definition) is 2. The molecule has 1 heterocycles. The summed E-state index contributed by atoms with van der Waals surface area (Å²) in [4.78, 5) is 0.452. The van der Waals surface area contributed by atoms with Crippen LogP contribution >= 0.6 is 12.2 Å². The van der Waals surface area contributed by atoms with Gasteiger partial charge in [-0.1, -0.05) is 24.4 Å². The summed E-state index contributed by atoms with van der Waals surface area (Å²) in [5.74, 6) is 0.747. The number of para-hydroxylation sites is 1. The van der Waals surface area contributed by atoms with Gasteiger partial charge in [0.05, 0.1) is 12.1 Å². The van der Waals surface area contributed by atoms with Crippen LogP contribution in [0.25, 0.3) is 0 Å². The average Bonchev–Trinajstić information content (AvgIpc) is 3.12. The zero-order chi connectivity index (χ0) is 13.4. The van der Waals surface area contributed by atoms with E-state index in [9.17, 15) is 0 Å². The van der Waals surface area contributed by atoms with Crippen LogP contribution in [0.2, 0.25) is 0 Å². The van der Waals surface area contributed by atoms with Crippen LogP contribution in [-0.2, 0) is 4.74 Å². The first-order valence-corrected chi connectivity index (χ1v) is 7.35. The number of aryl methyl sites for hydroxylation is 1. The van der Waals surface area contributed by atoms with Gasteiger partial charge in [-0.15, -0.1) is 0 Å². The Hall–Kier alpha value is -1.13. The number of benzene rings is 1. The van der Waals surface area contributed by atoms with Gasteiger partial charge in [-0.2, -0.15) is 0 Å². The number of rotatable bonds is 4. The van der Waals surface area contributed by atoms with Gasteiger partial charge in [-0.05, 0) is 43.7 Å². The molecule has 1 saturated carbocycles. The molecule has 2 unspecified atom stereocenters. The molecule has 2 atom stereocenters. The molecule has 2 fully saturated rings. The fourth-order valence-electron chi connectivity index (χ4n) is 2.91. The third kappa shape index (κ3) is 2.60. The van der Waals surface area contributed by atoms with Gasteiger partial charge in [-0.3, -0.25) is 0 Å². The molecular formula is C15H20N2OS. The highest BCUT2D eigenvalue weighted by Crippen LogP contribution is 2.40. The summed E-state index contributed by atoms with van der Waals surface area (Å²) in [7, 11) is 0. The van der Waals surface area contributed by atoms with Gasteiger partial charge in [0, 0.05) is 17.9 Å². The summed E-state index contributed by atoms with van der Waals surface area (Å²) in [6.07, 6.45) is 4.03. The fourth-order valence-corrected chi connectivity index (χ4v) is 3.08. The summed E-state index contributed by atoms with van der Waals surface area (Å²) >= 11 is 5.15.